The summed E-state index contributed by atoms with van der Waals surface area (Å²) >= 11 is 0. The van der Waals surface area contributed by atoms with Crippen LogP contribution in [0.3, 0.4) is 0 Å². The number of ether oxygens (including phenoxy) is 1. The molecule has 3 heteroatoms. The molecule has 1 amide bonds. The topological polar surface area (TPSA) is 38.3 Å². The third-order valence-electron chi connectivity index (χ3n) is 3.58. The molecule has 0 unspecified atom stereocenters. The highest BCUT2D eigenvalue weighted by Gasteiger charge is 2.04. The summed E-state index contributed by atoms with van der Waals surface area (Å²) in [5, 5.41) is 2.96. The van der Waals surface area contributed by atoms with Crippen molar-refractivity contribution in [3.63, 3.8) is 0 Å². The first kappa shape index (κ1) is 17.1. The van der Waals surface area contributed by atoms with Crippen molar-refractivity contribution in [2.45, 2.75) is 46.3 Å². The largest absolute Gasteiger partial charge is 0.491 e. The molecule has 0 heterocycles. The fraction of sp³-hybridized carbons (Fsp3) is 0.350. The zero-order valence-corrected chi connectivity index (χ0v) is 14.1. The van der Waals surface area contributed by atoms with Crippen molar-refractivity contribution < 1.29 is 9.53 Å². The first-order valence-electron chi connectivity index (χ1n) is 8.17. The zero-order valence-electron chi connectivity index (χ0n) is 14.1. The quantitative estimate of drug-likeness (QED) is 0.842. The van der Waals surface area contributed by atoms with Crippen LogP contribution in [-0.2, 0) is 24.2 Å². The van der Waals surface area contributed by atoms with Crippen LogP contribution >= 0.6 is 0 Å². The van der Waals surface area contributed by atoms with Crippen LogP contribution in [0.4, 0.5) is 0 Å². The van der Waals surface area contributed by atoms with Crippen LogP contribution in [0, 0.1) is 0 Å². The van der Waals surface area contributed by atoms with Gasteiger partial charge in [0.2, 0.25) is 5.91 Å². The molecule has 0 atom stereocenters. The van der Waals surface area contributed by atoms with Gasteiger partial charge in [-0.3, -0.25) is 4.79 Å². The molecule has 0 aliphatic rings. The molecule has 0 saturated carbocycles. The Balaban J connectivity index is 1.81. The molecule has 0 saturated heterocycles. The van der Waals surface area contributed by atoms with Crippen LogP contribution in [-0.4, -0.2) is 12.0 Å². The number of hydrogen-bond donors (Lipinski definition) is 1. The summed E-state index contributed by atoms with van der Waals surface area (Å²) < 4.78 is 5.61. The Kier molecular flexibility index (Phi) is 6.21. The number of carbonyl (C=O) groups is 1. The number of carbonyl (C=O) groups excluding carboxylic acids is 1. The van der Waals surface area contributed by atoms with Crippen molar-refractivity contribution in [3.05, 3.63) is 65.2 Å². The Labute approximate surface area is 138 Å². The fourth-order valence-electron chi connectivity index (χ4n) is 2.30. The van der Waals surface area contributed by atoms with E-state index in [1.165, 1.54) is 5.56 Å². The van der Waals surface area contributed by atoms with Crippen molar-refractivity contribution in [2.75, 3.05) is 0 Å². The second-order valence-electron chi connectivity index (χ2n) is 5.93. The molecule has 0 aliphatic carbocycles. The maximum absolute atomic E-state index is 12.0. The Morgan fingerprint density at radius 1 is 0.957 bits per heavy atom. The highest BCUT2D eigenvalue weighted by molar-refractivity contribution is 5.78. The molecule has 3 nitrogen and oxygen atoms in total. The summed E-state index contributed by atoms with van der Waals surface area (Å²) in [5.74, 6) is 0.892. The van der Waals surface area contributed by atoms with Gasteiger partial charge < -0.3 is 10.1 Å². The van der Waals surface area contributed by atoms with Crippen LogP contribution in [0.25, 0.3) is 0 Å². The van der Waals surface area contributed by atoms with E-state index in [4.69, 9.17) is 4.74 Å². The standard InChI is InChI=1S/C20H25NO2/c1-4-16-5-7-17(8-6-16)13-20(22)21-14-18-9-11-19(12-10-18)23-15(2)3/h5-12,15H,4,13-14H2,1-3H3,(H,21,22). The second-order valence-corrected chi connectivity index (χ2v) is 5.93. The summed E-state index contributed by atoms with van der Waals surface area (Å²) in [6.07, 6.45) is 1.60. The van der Waals surface area contributed by atoms with Gasteiger partial charge in [-0.2, -0.15) is 0 Å². The van der Waals surface area contributed by atoms with Gasteiger partial charge in [0.1, 0.15) is 5.75 Å². The zero-order chi connectivity index (χ0) is 16.7. The third kappa shape index (κ3) is 5.78. The Morgan fingerprint density at radius 3 is 2.09 bits per heavy atom. The molecule has 23 heavy (non-hydrogen) atoms. The van der Waals surface area contributed by atoms with Gasteiger partial charge in [-0.1, -0.05) is 43.3 Å². The summed E-state index contributed by atoms with van der Waals surface area (Å²) in [4.78, 5) is 12.0. The molecule has 0 aliphatic heterocycles. The van der Waals surface area contributed by atoms with E-state index in [-0.39, 0.29) is 12.0 Å². The van der Waals surface area contributed by atoms with Crippen LogP contribution < -0.4 is 10.1 Å². The van der Waals surface area contributed by atoms with Gasteiger partial charge >= 0.3 is 0 Å². The summed E-state index contributed by atoms with van der Waals surface area (Å²) in [6, 6.07) is 16.0. The van der Waals surface area contributed by atoms with E-state index in [9.17, 15) is 4.79 Å². The second kappa shape index (κ2) is 8.37. The third-order valence-corrected chi connectivity index (χ3v) is 3.58. The minimum absolute atomic E-state index is 0.0387. The highest BCUT2D eigenvalue weighted by atomic mass is 16.5. The molecule has 0 radical (unpaired) electrons. The predicted molar refractivity (Wildman–Crippen MR) is 93.6 cm³/mol. The van der Waals surface area contributed by atoms with Crippen LogP contribution in [0.2, 0.25) is 0 Å². The minimum atomic E-state index is 0.0387. The van der Waals surface area contributed by atoms with E-state index in [1.54, 1.807) is 0 Å². The van der Waals surface area contributed by atoms with E-state index in [1.807, 2.05) is 50.2 Å². The van der Waals surface area contributed by atoms with Crippen molar-refractivity contribution in [2.24, 2.45) is 0 Å². The normalized spacial score (nSPS) is 10.6. The number of hydrogen-bond acceptors (Lipinski definition) is 2. The molecule has 0 fully saturated rings. The van der Waals surface area contributed by atoms with E-state index in [0.29, 0.717) is 13.0 Å². The maximum atomic E-state index is 12.0. The molecular formula is C20H25NO2. The van der Waals surface area contributed by atoms with Crippen molar-refractivity contribution >= 4 is 5.91 Å². The molecule has 0 spiro atoms. The molecule has 0 bridgehead atoms. The molecule has 2 aromatic carbocycles. The van der Waals surface area contributed by atoms with Crippen molar-refractivity contribution in [1.82, 2.24) is 5.32 Å². The van der Waals surface area contributed by atoms with Crippen LogP contribution in [0.15, 0.2) is 48.5 Å². The van der Waals surface area contributed by atoms with Gasteiger partial charge in [0.25, 0.3) is 0 Å². The lowest BCUT2D eigenvalue weighted by atomic mass is 10.1. The average molecular weight is 311 g/mol. The fourth-order valence-corrected chi connectivity index (χ4v) is 2.30. The molecule has 122 valence electrons. The predicted octanol–water partition coefficient (Wildman–Crippen LogP) is 3.90. The van der Waals surface area contributed by atoms with Gasteiger partial charge in [0.15, 0.2) is 0 Å². The molecule has 1 N–H and O–H groups in total. The van der Waals surface area contributed by atoms with Gasteiger partial charge in [0.05, 0.1) is 12.5 Å². The molecule has 2 rings (SSSR count). The van der Waals surface area contributed by atoms with Gasteiger partial charge in [0, 0.05) is 6.54 Å². The van der Waals surface area contributed by atoms with E-state index >= 15 is 0 Å². The van der Waals surface area contributed by atoms with Gasteiger partial charge in [-0.15, -0.1) is 0 Å². The van der Waals surface area contributed by atoms with Crippen LogP contribution in [0.5, 0.6) is 5.75 Å². The summed E-state index contributed by atoms with van der Waals surface area (Å²) in [7, 11) is 0. The lowest BCUT2D eigenvalue weighted by molar-refractivity contribution is -0.120. The van der Waals surface area contributed by atoms with E-state index in [0.717, 1.165) is 23.3 Å². The summed E-state index contributed by atoms with van der Waals surface area (Å²) in [6.45, 7) is 6.66. The Morgan fingerprint density at radius 2 is 1.52 bits per heavy atom. The van der Waals surface area contributed by atoms with Crippen LogP contribution in [0.1, 0.15) is 37.5 Å². The first-order valence-corrected chi connectivity index (χ1v) is 8.17. The van der Waals surface area contributed by atoms with E-state index < -0.39 is 0 Å². The van der Waals surface area contributed by atoms with E-state index in [2.05, 4.69) is 24.4 Å². The average Bonchev–Trinajstić information content (AvgIpc) is 2.54. The Hall–Kier alpha value is -2.29. The van der Waals surface area contributed by atoms with Gasteiger partial charge in [-0.05, 0) is 49.1 Å². The number of rotatable bonds is 7. The Bertz CT molecular complexity index is 615. The minimum Gasteiger partial charge on any atom is -0.491 e. The lowest BCUT2D eigenvalue weighted by Gasteiger charge is -2.10. The molecular weight excluding hydrogens is 286 g/mol. The first-order chi connectivity index (χ1) is 11.1. The lowest BCUT2D eigenvalue weighted by Crippen LogP contribution is -2.24. The molecule has 2 aromatic rings. The monoisotopic (exact) mass is 311 g/mol. The SMILES string of the molecule is CCc1ccc(CC(=O)NCc2ccc(OC(C)C)cc2)cc1. The highest BCUT2D eigenvalue weighted by Crippen LogP contribution is 2.13. The van der Waals surface area contributed by atoms with Gasteiger partial charge in [-0.25, -0.2) is 0 Å². The number of aryl methyl sites for hydroxylation is 1. The maximum Gasteiger partial charge on any atom is 0.224 e. The summed E-state index contributed by atoms with van der Waals surface area (Å²) in [5.41, 5.74) is 3.40. The number of nitrogens with one attached hydrogen (secondary N) is 1. The smallest absolute Gasteiger partial charge is 0.224 e. The number of benzene rings is 2. The van der Waals surface area contributed by atoms with Crippen molar-refractivity contribution in [1.29, 1.82) is 0 Å². The molecule has 0 aromatic heterocycles. The number of amides is 1. The van der Waals surface area contributed by atoms with Crippen molar-refractivity contribution in [3.8, 4) is 5.75 Å².